The van der Waals surface area contributed by atoms with Gasteiger partial charge in [-0.05, 0) is 43.2 Å². The lowest BCUT2D eigenvalue weighted by Gasteiger charge is -2.40. The first-order chi connectivity index (χ1) is 16.6. The first-order valence-electron chi connectivity index (χ1n) is 11.8. The number of fused-ring (bicyclic) bond motifs is 2. The van der Waals surface area contributed by atoms with Crippen LogP contribution >= 0.6 is 0 Å². The molecule has 2 N–H and O–H groups in total. The summed E-state index contributed by atoms with van der Waals surface area (Å²) >= 11 is 0. The van der Waals surface area contributed by atoms with Gasteiger partial charge in [0.05, 0.1) is 24.8 Å². The van der Waals surface area contributed by atoms with E-state index in [-0.39, 0.29) is 19.8 Å². The number of carbonyl (C=O) groups is 3. The summed E-state index contributed by atoms with van der Waals surface area (Å²) in [4.78, 5) is 38.1. The van der Waals surface area contributed by atoms with Gasteiger partial charge in [-0.3, -0.25) is 4.79 Å². The van der Waals surface area contributed by atoms with E-state index in [1.54, 1.807) is 13.8 Å². The van der Waals surface area contributed by atoms with Gasteiger partial charge in [-0.1, -0.05) is 45.9 Å². The molecule has 2 fully saturated rings. The zero-order valence-electron chi connectivity index (χ0n) is 21.6. The Morgan fingerprint density at radius 1 is 1.06 bits per heavy atom. The minimum Gasteiger partial charge on any atom is -0.461 e. The second kappa shape index (κ2) is 9.98. The van der Waals surface area contributed by atoms with E-state index in [1.807, 2.05) is 45.9 Å². The number of hydroxylamine groups is 2. The first kappa shape index (κ1) is 27.9. The van der Waals surface area contributed by atoms with Crippen molar-refractivity contribution in [3.63, 3.8) is 0 Å². The molecule has 0 radical (unpaired) electrons. The molecule has 200 valence electrons. The SMILES string of the molecule is Cc1cccc(C)c1C(=O)OCC(C)(C)C(C)(C)COS(=O)(=O)ON1C(=O)N2C[C@H]1CCC2C(N)=O. The van der Waals surface area contributed by atoms with Crippen molar-refractivity contribution in [2.45, 2.75) is 66.5 Å². The Balaban J connectivity index is 1.60. The molecule has 0 aromatic heterocycles. The number of aryl methyl sites for hydroxylation is 2. The number of carbonyl (C=O) groups excluding carboxylic acids is 3. The average molecular weight is 526 g/mol. The van der Waals surface area contributed by atoms with Gasteiger partial charge >= 0.3 is 22.4 Å². The van der Waals surface area contributed by atoms with E-state index in [1.165, 1.54) is 4.90 Å². The second-order valence-corrected chi connectivity index (χ2v) is 12.0. The molecule has 3 amide bonds. The largest absolute Gasteiger partial charge is 0.461 e. The molecule has 0 spiro atoms. The van der Waals surface area contributed by atoms with Crippen LogP contribution < -0.4 is 5.73 Å². The van der Waals surface area contributed by atoms with Gasteiger partial charge in [-0.25, -0.2) is 13.8 Å². The van der Waals surface area contributed by atoms with Crippen LogP contribution in [0.3, 0.4) is 0 Å². The highest BCUT2D eigenvalue weighted by atomic mass is 32.3. The van der Waals surface area contributed by atoms with Crippen LogP contribution in [-0.4, -0.2) is 68.1 Å². The van der Waals surface area contributed by atoms with E-state index in [0.717, 1.165) is 16.2 Å². The van der Waals surface area contributed by atoms with Crippen LogP contribution in [0.1, 0.15) is 62.0 Å². The number of piperidine rings is 1. The molecule has 0 aliphatic carbocycles. The smallest absolute Gasteiger partial charge is 0.421 e. The molecular formula is C24H35N3O8S. The Labute approximate surface area is 212 Å². The zero-order valence-corrected chi connectivity index (χ0v) is 22.4. The molecule has 2 aliphatic heterocycles. The summed E-state index contributed by atoms with van der Waals surface area (Å²) in [6.45, 7) is 10.8. The van der Waals surface area contributed by atoms with Crippen LogP contribution in [0.2, 0.25) is 0 Å². The van der Waals surface area contributed by atoms with Gasteiger partial charge in [0.15, 0.2) is 0 Å². The molecule has 2 atom stereocenters. The molecule has 2 saturated heterocycles. The Morgan fingerprint density at radius 2 is 1.64 bits per heavy atom. The molecule has 3 rings (SSSR count). The summed E-state index contributed by atoms with van der Waals surface area (Å²) in [5.74, 6) is -1.10. The second-order valence-electron chi connectivity index (χ2n) is 10.8. The highest BCUT2D eigenvalue weighted by Crippen LogP contribution is 2.40. The number of rotatable bonds is 10. The van der Waals surface area contributed by atoms with Crippen LogP contribution in [0.5, 0.6) is 0 Å². The average Bonchev–Trinajstić information content (AvgIpc) is 3.00. The maximum atomic E-state index is 12.7. The van der Waals surface area contributed by atoms with Crippen molar-refractivity contribution >= 4 is 28.3 Å². The fourth-order valence-electron chi connectivity index (χ4n) is 4.21. The zero-order chi connectivity index (χ0) is 27.1. The van der Waals surface area contributed by atoms with E-state index in [0.29, 0.717) is 18.4 Å². The molecule has 1 unspecified atom stereocenters. The number of hydrogen-bond donors (Lipinski definition) is 1. The fraction of sp³-hybridized carbons (Fsp3) is 0.625. The molecule has 0 saturated carbocycles. The number of primary amides is 1. The summed E-state index contributed by atoms with van der Waals surface area (Å²) in [7, 11) is -4.60. The molecule has 2 aliphatic rings. The number of esters is 1. The van der Waals surface area contributed by atoms with Crippen LogP contribution in [0, 0.1) is 24.7 Å². The molecule has 12 heteroatoms. The maximum Gasteiger partial charge on any atom is 0.421 e. The van der Waals surface area contributed by atoms with Crippen LogP contribution in [-0.2, 0) is 28.4 Å². The van der Waals surface area contributed by atoms with Gasteiger partial charge in [0.25, 0.3) is 0 Å². The number of urea groups is 1. The van der Waals surface area contributed by atoms with Crippen molar-refractivity contribution in [2.75, 3.05) is 19.8 Å². The van der Waals surface area contributed by atoms with Crippen molar-refractivity contribution in [3.05, 3.63) is 34.9 Å². The van der Waals surface area contributed by atoms with Gasteiger partial charge in [0.1, 0.15) is 6.04 Å². The summed E-state index contributed by atoms with van der Waals surface area (Å²) in [6, 6.07) is 3.47. The Morgan fingerprint density at radius 3 is 2.22 bits per heavy atom. The Kier molecular flexibility index (Phi) is 7.73. The monoisotopic (exact) mass is 525 g/mol. The van der Waals surface area contributed by atoms with Crippen molar-refractivity contribution in [3.8, 4) is 0 Å². The summed E-state index contributed by atoms with van der Waals surface area (Å²) < 4.78 is 41.0. The standard InChI is InChI=1S/C24H35N3O8S/c1-15-8-7-9-16(2)19(15)21(29)33-13-23(3,4)24(5,6)14-34-36(31,32)35-27-17-10-11-18(20(25)28)26(12-17)22(27)30/h7-9,17-18H,10-14H2,1-6H3,(H2,25,28)/t17-,18?/m1/s1. The quantitative estimate of drug-likeness (QED) is 0.459. The lowest BCUT2D eigenvalue weighted by molar-refractivity contribution is -0.122. The molecule has 2 bridgehead atoms. The van der Waals surface area contributed by atoms with Gasteiger partial charge in [0, 0.05) is 12.0 Å². The van der Waals surface area contributed by atoms with Crippen LogP contribution in [0.25, 0.3) is 0 Å². The summed E-state index contributed by atoms with van der Waals surface area (Å²) in [5, 5.41) is 0.739. The van der Waals surface area contributed by atoms with Crippen molar-refractivity contribution in [1.82, 2.24) is 9.96 Å². The molecule has 1 aromatic rings. The summed E-state index contributed by atoms with van der Waals surface area (Å²) in [6.07, 6.45) is 0.699. The van der Waals surface area contributed by atoms with Gasteiger partial charge in [0.2, 0.25) is 5.91 Å². The number of ether oxygens (including phenoxy) is 1. The van der Waals surface area contributed by atoms with Gasteiger partial charge in [-0.2, -0.15) is 13.5 Å². The van der Waals surface area contributed by atoms with Crippen molar-refractivity contribution in [2.24, 2.45) is 16.6 Å². The third-order valence-corrected chi connectivity index (χ3v) is 8.22. The topological polar surface area (TPSA) is 146 Å². The lowest BCUT2D eigenvalue weighted by atomic mass is 9.69. The highest BCUT2D eigenvalue weighted by molar-refractivity contribution is 7.81. The highest BCUT2D eigenvalue weighted by Gasteiger charge is 2.49. The van der Waals surface area contributed by atoms with Gasteiger partial charge in [-0.15, -0.1) is 4.28 Å². The minimum atomic E-state index is -4.60. The van der Waals surface area contributed by atoms with Crippen LogP contribution in [0.4, 0.5) is 4.79 Å². The molecule has 1 aromatic carbocycles. The molecular weight excluding hydrogens is 490 g/mol. The Bertz CT molecular complexity index is 1130. The maximum absolute atomic E-state index is 12.7. The predicted octanol–water partition coefficient (Wildman–Crippen LogP) is 2.46. The van der Waals surface area contributed by atoms with Crippen molar-refractivity contribution < 1.29 is 36.0 Å². The predicted molar refractivity (Wildman–Crippen MR) is 130 cm³/mol. The third-order valence-electron chi connectivity index (χ3n) is 7.47. The van der Waals surface area contributed by atoms with Crippen molar-refractivity contribution in [1.29, 1.82) is 0 Å². The van der Waals surface area contributed by atoms with E-state index in [9.17, 15) is 22.8 Å². The van der Waals surface area contributed by atoms with Gasteiger partial charge < -0.3 is 15.4 Å². The third kappa shape index (κ3) is 5.65. The minimum absolute atomic E-state index is 0.0209. The molecule has 2 heterocycles. The van der Waals surface area contributed by atoms with E-state index < -0.39 is 51.2 Å². The number of benzene rings is 1. The van der Waals surface area contributed by atoms with E-state index in [2.05, 4.69) is 0 Å². The molecule has 11 nitrogen and oxygen atoms in total. The normalized spacial score (nSPS) is 20.6. The summed E-state index contributed by atoms with van der Waals surface area (Å²) in [5.41, 5.74) is 6.00. The van der Waals surface area contributed by atoms with Crippen LogP contribution in [0.15, 0.2) is 18.2 Å². The number of amides is 3. The Hall–Kier alpha value is -2.70. The molecule has 36 heavy (non-hydrogen) atoms. The van der Waals surface area contributed by atoms with E-state index in [4.69, 9.17) is 18.9 Å². The lowest BCUT2D eigenvalue weighted by Crippen LogP contribution is -2.47. The number of hydrogen-bond acceptors (Lipinski definition) is 8. The number of nitrogens with zero attached hydrogens (tertiary/aromatic N) is 2. The first-order valence-corrected chi connectivity index (χ1v) is 13.1. The number of nitrogens with two attached hydrogens (primary N) is 1. The van der Waals surface area contributed by atoms with E-state index >= 15 is 0 Å². The fourth-order valence-corrected chi connectivity index (χ4v) is 5.07.